The van der Waals surface area contributed by atoms with Gasteiger partial charge in [-0.15, -0.1) is 0 Å². The van der Waals surface area contributed by atoms with E-state index in [2.05, 4.69) is 35.0 Å². The largest absolute Gasteiger partial charge is 0.478 e. The number of aryl methyl sites for hydroxylation is 2. The normalized spacial score (nSPS) is 13.9. The lowest BCUT2D eigenvalue weighted by Crippen LogP contribution is -2.25. The van der Waals surface area contributed by atoms with Crippen LogP contribution in [-0.2, 0) is 6.42 Å². The van der Waals surface area contributed by atoms with Gasteiger partial charge in [-0.05, 0) is 37.5 Å². The second kappa shape index (κ2) is 5.09. The van der Waals surface area contributed by atoms with Crippen molar-refractivity contribution in [3.05, 3.63) is 47.2 Å². The van der Waals surface area contributed by atoms with Crippen molar-refractivity contribution in [1.82, 2.24) is 4.98 Å². The number of fused-ring (bicyclic) bond motifs is 1. The van der Waals surface area contributed by atoms with E-state index < -0.39 is 5.97 Å². The number of carboxylic acid groups (broad SMARTS) is 1. The van der Waals surface area contributed by atoms with Crippen LogP contribution in [-0.4, -0.2) is 22.6 Å². The number of aromatic nitrogens is 1. The van der Waals surface area contributed by atoms with Gasteiger partial charge in [0.1, 0.15) is 5.82 Å². The van der Waals surface area contributed by atoms with E-state index in [0.29, 0.717) is 5.82 Å². The molecular weight excluding hydrogens is 266 g/mol. The maximum atomic E-state index is 11.2. The molecule has 5 heteroatoms. The number of benzene rings is 1. The number of aromatic carboxylic acids is 1. The number of carbonyl (C=O) groups is 1. The minimum atomic E-state index is -1.03. The second-order valence-electron chi connectivity index (χ2n) is 5.32. The molecule has 1 aromatic carbocycles. The Balaban J connectivity index is 2.07. The van der Waals surface area contributed by atoms with Gasteiger partial charge >= 0.3 is 5.97 Å². The van der Waals surface area contributed by atoms with Crippen LogP contribution >= 0.6 is 0 Å². The summed E-state index contributed by atoms with van der Waals surface area (Å²) >= 11 is 0. The highest BCUT2D eigenvalue weighted by Gasteiger charge is 2.21. The van der Waals surface area contributed by atoms with Gasteiger partial charge < -0.3 is 15.7 Å². The highest BCUT2D eigenvalue weighted by Crippen LogP contribution is 2.33. The molecular formula is C16H17N3O2. The molecule has 108 valence electrons. The van der Waals surface area contributed by atoms with Crippen LogP contribution in [0.1, 0.15) is 27.9 Å². The molecule has 0 saturated heterocycles. The Hall–Kier alpha value is -2.56. The third-order valence-corrected chi connectivity index (χ3v) is 3.78. The van der Waals surface area contributed by atoms with Gasteiger partial charge in [-0.2, -0.15) is 0 Å². The van der Waals surface area contributed by atoms with Crippen LogP contribution in [0.3, 0.4) is 0 Å². The van der Waals surface area contributed by atoms with E-state index in [1.54, 1.807) is 6.07 Å². The molecule has 2 heterocycles. The highest BCUT2D eigenvalue weighted by molar-refractivity contribution is 5.94. The summed E-state index contributed by atoms with van der Waals surface area (Å²) in [5.41, 5.74) is 9.56. The first-order valence-corrected chi connectivity index (χ1v) is 6.92. The summed E-state index contributed by atoms with van der Waals surface area (Å²) < 4.78 is 0. The van der Waals surface area contributed by atoms with Crippen LogP contribution in [0, 0.1) is 6.92 Å². The number of nitrogens with two attached hydrogens (primary N) is 1. The van der Waals surface area contributed by atoms with Gasteiger partial charge in [0.2, 0.25) is 0 Å². The van der Waals surface area contributed by atoms with Crippen LogP contribution in [0.5, 0.6) is 0 Å². The Morgan fingerprint density at radius 3 is 2.95 bits per heavy atom. The van der Waals surface area contributed by atoms with Gasteiger partial charge in [-0.3, -0.25) is 0 Å². The Morgan fingerprint density at radius 1 is 1.38 bits per heavy atom. The van der Waals surface area contributed by atoms with Crippen molar-refractivity contribution in [3.8, 4) is 0 Å². The molecule has 1 aliphatic heterocycles. The zero-order chi connectivity index (χ0) is 15.0. The third kappa shape index (κ3) is 2.42. The maximum Gasteiger partial charge on any atom is 0.337 e. The molecule has 5 nitrogen and oxygen atoms in total. The average Bonchev–Trinajstić information content (AvgIpc) is 2.46. The van der Waals surface area contributed by atoms with Crippen molar-refractivity contribution in [2.75, 3.05) is 17.2 Å². The topological polar surface area (TPSA) is 79.5 Å². The number of nitrogen functional groups attached to an aromatic ring is 1. The number of pyridine rings is 1. The lowest BCUT2D eigenvalue weighted by Gasteiger charge is -2.31. The summed E-state index contributed by atoms with van der Waals surface area (Å²) in [6.07, 6.45) is 3.47. The summed E-state index contributed by atoms with van der Waals surface area (Å²) in [7, 11) is 0. The summed E-state index contributed by atoms with van der Waals surface area (Å²) in [4.78, 5) is 17.6. The highest BCUT2D eigenvalue weighted by atomic mass is 16.4. The van der Waals surface area contributed by atoms with Gasteiger partial charge in [-0.1, -0.05) is 17.7 Å². The number of hydrogen-bond donors (Lipinski definition) is 2. The minimum absolute atomic E-state index is 0.0965. The predicted octanol–water partition coefficient (Wildman–Crippen LogP) is 2.75. The first-order chi connectivity index (χ1) is 10.1. The number of nitrogens with zero attached hydrogens (tertiary/aromatic N) is 2. The Bertz CT molecular complexity index is 713. The summed E-state index contributed by atoms with van der Waals surface area (Å²) in [5, 5.41) is 9.19. The molecule has 1 aromatic heterocycles. The molecule has 0 saturated carbocycles. The first-order valence-electron chi connectivity index (χ1n) is 6.92. The van der Waals surface area contributed by atoms with E-state index >= 15 is 0 Å². The average molecular weight is 283 g/mol. The molecule has 0 atom stereocenters. The number of carboxylic acids is 1. The standard InChI is InChI=1S/C16H17N3O2/c1-10-4-5-14-11(7-10)3-2-6-19(14)15-8-12(16(20)21)13(17)9-18-15/h4-5,7-9H,2-3,6,17H2,1H3,(H,20,21). The Morgan fingerprint density at radius 2 is 2.19 bits per heavy atom. The van der Waals surface area contributed by atoms with Gasteiger partial charge in [-0.25, -0.2) is 9.78 Å². The fraction of sp³-hybridized carbons (Fsp3) is 0.250. The molecule has 1 aliphatic rings. The predicted molar refractivity (Wildman–Crippen MR) is 82.1 cm³/mol. The third-order valence-electron chi connectivity index (χ3n) is 3.78. The van der Waals surface area contributed by atoms with Crippen LogP contribution < -0.4 is 10.6 Å². The van der Waals surface area contributed by atoms with E-state index in [9.17, 15) is 9.90 Å². The number of rotatable bonds is 2. The van der Waals surface area contributed by atoms with Gasteiger partial charge in [0.15, 0.2) is 0 Å². The minimum Gasteiger partial charge on any atom is -0.478 e. The Kier molecular flexibility index (Phi) is 3.25. The van der Waals surface area contributed by atoms with Gasteiger partial charge in [0.05, 0.1) is 17.4 Å². The molecule has 0 aliphatic carbocycles. The second-order valence-corrected chi connectivity index (χ2v) is 5.32. The molecule has 3 rings (SSSR count). The Labute approximate surface area is 123 Å². The molecule has 0 bridgehead atoms. The SMILES string of the molecule is Cc1ccc2c(c1)CCCN2c1cc(C(=O)O)c(N)cn1. The van der Waals surface area contributed by atoms with Crippen molar-refractivity contribution in [3.63, 3.8) is 0 Å². The van der Waals surface area contributed by atoms with Crippen LogP contribution in [0.25, 0.3) is 0 Å². The molecule has 0 amide bonds. The quantitative estimate of drug-likeness (QED) is 0.886. The van der Waals surface area contributed by atoms with E-state index in [4.69, 9.17) is 5.73 Å². The van der Waals surface area contributed by atoms with E-state index in [1.165, 1.54) is 17.3 Å². The molecule has 2 aromatic rings. The smallest absolute Gasteiger partial charge is 0.337 e. The van der Waals surface area contributed by atoms with Crippen molar-refractivity contribution >= 4 is 23.2 Å². The summed E-state index contributed by atoms with van der Waals surface area (Å²) in [5.74, 6) is -0.399. The molecule has 0 fully saturated rings. The number of hydrogen-bond acceptors (Lipinski definition) is 4. The van der Waals surface area contributed by atoms with Crippen molar-refractivity contribution < 1.29 is 9.90 Å². The number of anilines is 3. The molecule has 21 heavy (non-hydrogen) atoms. The van der Waals surface area contributed by atoms with Crippen LogP contribution in [0.2, 0.25) is 0 Å². The van der Waals surface area contributed by atoms with E-state index in [0.717, 1.165) is 25.1 Å². The molecule has 3 N–H and O–H groups in total. The zero-order valence-electron chi connectivity index (χ0n) is 11.8. The lowest BCUT2D eigenvalue weighted by molar-refractivity contribution is 0.0698. The maximum absolute atomic E-state index is 11.2. The molecule has 0 unspecified atom stereocenters. The van der Waals surface area contributed by atoms with Crippen molar-refractivity contribution in [2.45, 2.75) is 19.8 Å². The van der Waals surface area contributed by atoms with Gasteiger partial charge in [0, 0.05) is 12.2 Å². The van der Waals surface area contributed by atoms with Crippen molar-refractivity contribution in [1.29, 1.82) is 0 Å². The summed E-state index contributed by atoms with van der Waals surface area (Å²) in [6, 6.07) is 7.86. The molecule has 0 radical (unpaired) electrons. The fourth-order valence-electron chi connectivity index (χ4n) is 2.75. The zero-order valence-corrected chi connectivity index (χ0v) is 11.8. The molecule has 0 spiro atoms. The van der Waals surface area contributed by atoms with Crippen LogP contribution in [0.4, 0.5) is 17.2 Å². The van der Waals surface area contributed by atoms with Gasteiger partial charge in [0.25, 0.3) is 0 Å². The van der Waals surface area contributed by atoms with E-state index in [1.807, 2.05) is 0 Å². The van der Waals surface area contributed by atoms with Crippen molar-refractivity contribution in [2.24, 2.45) is 0 Å². The van der Waals surface area contributed by atoms with E-state index in [-0.39, 0.29) is 11.3 Å². The fourth-order valence-corrected chi connectivity index (χ4v) is 2.75. The first kappa shape index (κ1) is 13.4. The monoisotopic (exact) mass is 283 g/mol. The van der Waals surface area contributed by atoms with Crippen LogP contribution in [0.15, 0.2) is 30.5 Å². The lowest BCUT2D eigenvalue weighted by atomic mass is 9.99. The summed E-state index contributed by atoms with van der Waals surface area (Å²) in [6.45, 7) is 2.90.